The Labute approximate surface area is 110 Å². The zero-order chi connectivity index (χ0) is 12.9. The van der Waals surface area contributed by atoms with Crippen LogP contribution in [0.4, 0.5) is 0 Å². The summed E-state index contributed by atoms with van der Waals surface area (Å²) in [6, 6.07) is 15.9. The second kappa shape index (κ2) is 5.27. The summed E-state index contributed by atoms with van der Waals surface area (Å²) in [5, 5.41) is 1.09. The van der Waals surface area contributed by atoms with Crippen LogP contribution in [0.1, 0.15) is 0 Å². The van der Waals surface area contributed by atoms with Crippen LogP contribution in [0.15, 0.2) is 67.4 Å². The molecule has 0 atom stereocenters. The zero-order valence-electron chi connectivity index (χ0n) is 10.2. The molecule has 0 radical (unpaired) electrons. The maximum Gasteiger partial charge on any atom is 0.116 e. The molecule has 0 aliphatic rings. The van der Waals surface area contributed by atoms with E-state index in [2.05, 4.69) is 19.9 Å². The second-order valence-corrected chi connectivity index (χ2v) is 4.00. The highest BCUT2D eigenvalue weighted by Gasteiger charge is 1.88. The molecule has 2 aromatic carbocycles. The summed E-state index contributed by atoms with van der Waals surface area (Å²) in [7, 11) is 0. The molecule has 0 fully saturated rings. The van der Waals surface area contributed by atoms with Crippen molar-refractivity contribution in [1.29, 1.82) is 0 Å². The molecule has 4 aromatic rings. The standard InChI is InChI=1S/C8H6N2.C7H6N2/c1-2-4-8-7(3-1)5-9-6-10-8;1-2-4-7-6(3-1)8-5-9-7/h1-6H;1-5H,(H,8,9). The van der Waals surface area contributed by atoms with Crippen LogP contribution in [-0.2, 0) is 0 Å². The predicted octanol–water partition coefficient (Wildman–Crippen LogP) is 3.19. The average molecular weight is 248 g/mol. The molecule has 1 N–H and O–H groups in total. The molecule has 0 bridgehead atoms. The van der Waals surface area contributed by atoms with Crippen LogP contribution in [0.2, 0.25) is 0 Å². The number of nitrogens with zero attached hydrogens (tertiary/aromatic N) is 3. The van der Waals surface area contributed by atoms with Gasteiger partial charge in [0.05, 0.1) is 22.9 Å². The van der Waals surface area contributed by atoms with Gasteiger partial charge in [0, 0.05) is 11.6 Å². The quantitative estimate of drug-likeness (QED) is 0.520. The first-order valence-electron chi connectivity index (χ1n) is 5.96. The number of aromatic nitrogens is 4. The number of imidazole rings is 1. The van der Waals surface area contributed by atoms with Crippen LogP contribution < -0.4 is 0 Å². The highest BCUT2D eigenvalue weighted by Crippen LogP contribution is 2.06. The van der Waals surface area contributed by atoms with Gasteiger partial charge in [-0.15, -0.1) is 0 Å². The van der Waals surface area contributed by atoms with Gasteiger partial charge in [-0.05, 0) is 18.2 Å². The molecule has 4 rings (SSSR count). The van der Waals surface area contributed by atoms with Crippen LogP contribution in [0.25, 0.3) is 21.9 Å². The molecular formula is C15H12N4. The van der Waals surface area contributed by atoms with E-state index < -0.39 is 0 Å². The monoisotopic (exact) mass is 248 g/mol. The van der Waals surface area contributed by atoms with Gasteiger partial charge < -0.3 is 4.98 Å². The fraction of sp³-hybridized carbons (Fsp3) is 0. The van der Waals surface area contributed by atoms with Crippen LogP contribution >= 0.6 is 0 Å². The number of fused-ring (bicyclic) bond motifs is 2. The number of H-pyrrole nitrogens is 1. The number of nitrogens with one attached hydrogen (secondary N) is 1. The lowest BCUT2D eigenvalue weighted by Gasteiger charge is -1.90. The lowest BCUT2D eigenvalue weighted by Crippen LogP contribution is -1.77. The van der Waals surface area contributed by atoms with E-state index in [0.717, 1.165) is 21.9 Å². The van der Waals surface area contributed by atoms with Gasteiger partial charge in [0.2, 0.25) is 0 Å². The Morgan fingerprint density at radius 2 is 1.58 bits per heavy atom. The van der Waals surface area contributed by atoms with Crippen molar-refractivity contribution in [1.82, 2.24) is 19.9 Å². The lowest BCUT2D eigenvalue weighted by molar-refractivity contribution is 1.22. The normalized spacial score (nSPS) is 10.1. The average Bonchev–Trinajstić information content (AvgIpc) is 2.96. The van der Waals surface area contributed by atoms with Gasteiger partial charge >= 0.3 is 0 Å². The van der Waals surface area contributed by atoms with Crippen LogP contribution in [0.3, 0.4) is 0 Å². The number of aromatic amines is 1. The van der Waals surface area contributed by atoms with Gasteiger partial charge in [0.15, 0.2) is 0 Å². The third-order valence-corrected chi connectivity index (χ3v) is 2.74. The van der Waals surface area contributed by atoms with Crippen molar-refractivity contribution in [3.63, 3.8) is 0 Å². The largest absolute Gasteiger partial charge is 0.345 e. The van der Waals surface area contributed by atoms with E-state index in [-0.39, 0.29) is 0 Å². The number of rotatable bonds is 0. The minimum atomic E-state index is 0.998. The Kier molecular flexibility index (Phi) is 3.14. The van der Waals surface area contributed by atoms with Gasteiger partial charge in [-0.2, -0.15) is 0 Å². The molecule has 2 aromatic heterocycles. The molecule has 0 aliphatic heterocycles. The number of benzene rings is 2. The van der Waals surface area contributed by atoms with E-state index in [0.29, 0.717) is 0 Å². The summed E-state index contributed by atoms with van der Waals surface area (Å²) in [6.07, 6.45) is 5.06. The summed E-state index contributed by atoms with van der Waals surface area (Å²) >= 11 is 0. The van der Waals surface area contributed by atoms with E-state index in [9.17, 15) is 0 Å². The first-order valence-corrected chi connectivity index (χ1v) is 5.96. The fourth-order valence-electron chi connectivity index (χ4n) is 1.80. The minimum Gasteiger partial charge on any atom is -0.345 e. The van der Waals surface area contributed by atoms with Crippen LogP contribution in [0, 0.1) is 0 Å². The van der Waals surface area contributed by atoms with E-state index in [1.807, 2.05) is 54.7 Å². The highest BCUT2D eigenvalue weighted by atomic mass is 14.9. The van der Waals surface area contributed by atoms with Gasteiger partial charge in [-0.25, -0.2) is 15.0 Å². The summed E-state index contributed by atoms with van der Waals surface area (Å²) in [5.74, 6) is 0. The summed E-state index contributed by atoms with van der Waals surface area (Å²) < 4.78 is 0. The van der Waals surface area contributed by atoms with Crippen molar-refractivity contribution in [2.45, 2.75) is 0 Å². The summed E-state index contributed by atoms with van der Waals surface area (Å²) in [6.45, 7) is 0. The first-order chi connectivity index (χ1) is 9.43. The highest BCUT2D eigenvalue weighted by molar-refractivity contribution is 5.76. The molecule has 0 saturated carbocycles. The third-order valence-electron chi connectivity index (χ3n) is 2.74. The molecule has 0 aliphatic carbocycles. The van der Waals surface area contributed by atoms with E-state index in [1.165, 1.54) is 0 Å². The third kappa shape index (κ3) is 2.57. The van der Waals surface area contributed by atoms with Gasteiger partial charge in [-0.1, -0.05) is 30.3 Å². The Morgan fingerprint density at radius 1 is 0.789 bits per heavy atom. The van der Waals surface area contributed by atoms with Gasteiger partial charge in [0.25, 0.3) is 0 Å². The number of hydrogen-bond donors (Lipinski definition) is 1. The molecule has 0 spiro atoms. The van der Waals surface area contributed by atoms with E-state index in [4.69, 9.17) is 0 Å². The predicted molar refractivity (Wildman–Crippen MR) is 75.6 cm³/mol. The number of para-hydroxylation sites is 3. The molecular weight excluding hydrogens is 236 g/mol. The molecule has 4 nitrogen and oxygen atoms in total. The molecule has 2 heterocycles. The smallest absolute Gasteiger partial charge is 0.116 e. The maximum atomic E-state index is 4.07. The van der Waals surface area contributed by atoms with Crippen molar-refractivity contribution >= 4 is 21.9 Å². The zero-order valence-corrected chi connectivity index (χ0v) is 10.2. The van der Waals surface area contributed by atoms with Crippen LogP contribution in [0.5, 0.6) is 0 Å². The molecule has 19 heavy (non-hydrogen) atoms. The molecule has 4 heteroatoms. The van der Waals surface area contributed by atoms with Crippen molar-refractivity contribution in [2.24, 2.45) is 0 Å². The SMILES string of the molecule is c1ccc2[nH]cnc2c1.c1ccc2ncncc2c1. The van der Waals surface area contributed by atoms with Crippen molar-refractivity contribution in [3.05, 3.63) is 67.4 Å². The first kappa shape index (κ1) is 11.3. The molecule has 0 saturated heterocycles. The Balaban J connectivity index is 0.000000117. The topological polar surface area (TPSA) is 54.5 Å². The Hall–Kier alpha value is -2.75. The fourth-order valence-corrected chi connectivity index (χ4v) is 1.80. The lowest BCUT2D eigenvalue weighted by atomic mass is 10.2. The maximum absolute atomic E-state index is 4.07. The van der Waals surface area contributed by atoms with E-state index in [1.54, 1.807) is 12.7 Å². The molecule has 92 valence electrons. The molecule has 0 unspecified atom stereocenters. The minimum absolute atomic E-state index is 0.998. The second-order valence-electron chi connectivity index (χ2n) is 4.00. The Morgan fingerprint density at radius 3 is 2.42 bits per heavy atom. The number of hydrogen-bond acceptors (Lipinski definition) is 3. The summed E-state index contributed by atoms with van der Waals surface area (Å²) in [4.78, 5) is 15.0. The molecule has 0 amide bonds. The van der Waals surface area contributed by atoms with Crippen molar-refractivity contribution in [3.8, 4) is 0 Å². The van der Waals surface area contributed by atoms with E-state index >= 15 is 0 Å². The van der Waals surface area contributed by atoms with Gasteiger partial charge in [0.1, 0.15) is 6.33 Å². The van der Waals surface area contributed by atoms with Crippen molar-refractivity contribution in [2.75, 3.05) is 0 Å². The van der Waals surface area contributed by atoms with Gasteiger partial charge in [-0.3, -0.25) is 0 Å². The summed E-state index contributed by atoms with van der Waals surface area (Å²) in [5.41, 5.74) is 3.12. The van der Waals surface area contributed by atoms with Crippen molar-refractivity contribution < 1.29 is 0 Å². The Bertz CT molecular complexity index is 696. The van der Waals surface area contributed by atoms with Crippen LogP contribution in [-0.4, -0.2) is 19.9 Å².